The molecule has 110 valence electrons. The summed E-state index contributed by atoms with van der Waals surface area (Å²) < 4.78 is 11.6. The summed E-state index contributed by atoms with van der Waals surface area (Å²) in [6.07, 6.45) is 0.901. The average molecular weight is 304 g/mol. The first kappa shape index (κ1) is 14.2. The molecule has 0 aliphatic carbocycles. The molecular weight excluding hydrogens is 286 g/mol. The van der Waals surface area contributed by atoms with Crippen molar-refractivity contribution in [2.45, 2.75) is 25.5 Å². The number of benzene rings is 2. The summed E-state index contributed by atoms with van der Waals surface area (Å²) in [5.74, 6) is 1.62. The van der Waals surface area contributed by atoms with E-state index in [1.165, 1.54) is 5.56 Å². The van der Waals surface area contributed by atoms with Crippen molar-refractivity contribution in [1.29, 1.82) is 0 Å². The zero-order chi connectivity index (χ0) is 14.8. The highest BCUT2D eigenvalue weighted by atomic mass is 35.5. The monoisotopic (exact) mass is 303 g/mol. The van der Waals surface area contributed by atoms with E-state index in [-0.39, 0.29) is 12.1 Å². The molecule has 3 nitrogen and oxygen atoms in total. The van der Waals surface area contributed by atoms with E-state index in [1.807, 2.05) is 43.3 Å². The summed E-state index contributed by atoms with van der Waals surface area (Å²) in [5.41, 5.74) is 8.06. The molecule has 2 atom stereocenters. The van der Waals surface area contributed by atoms with E-state index >= 15 is 0 Å². The Labute approximate surface area is 129 Å². The van der Waals surface area contributed by atoms with Crippen molar-refractivity contribution in [3.8, 4) is 11.5 Å². The van der Waals surface area contributed by atoms with Crippen molar-refractivity contribution in [3.05, 3.63) is 58.6 Å². The number of ether oxygens (including phenoxy) is 2. The van der Waals surface area contributed by atoms with Gasteiger partial charge in [-0.2, -0.15) is 0 Å². The van der Waals surface area contributed by atoms with E-state index in [2.05, 4.69) is 6.07 Å². The van der Waals surface area contributed by atoms with Gasteiger partial charge in [0.1, 0.15) is 24.2 Å². The molecule has 0 spiro atoms. The number of nitrogens with two attached hydrogens (primary N) is 1. The number of fused-ring (bicyclic) bond motifs is 1. The fraction of sp³-hybridized carbons (Fsp3) is 0.294. The predicted molar refractivity (Wildman–Crippen MR) is 84.1 cm³/mol. The zero-order valence-corrected chi connectivity index (χ0v) is 12.6. The van der Waals surface area contributed by atoms with Crippen LogP contribution in [0.2, 0.25) is 5.02 Å². The van der Waals surface area contributed by atoms with Crippen molar-refractivity contribution in [1.82, 2.24) is 0 Å². The van der Waals surface area contributed by atoms with E-state index in [9.17, 15) is 0 Å². The smallest absolute Gasteiger partial charge is 0.138 e. The molecular formula is C17H18ClNO2. The van der Waals surface area contributed by atoms with Gasteiger partial charge < -0.3 is 15.2 Å². The van der Waals surface area contributed by atoms with Crippen LogP contribution in [0.15, 0.2) is 42.5 Å². The van der Waals surface area contributed by atoms with Crippen molar-refractivity contribution in [2.75, 3.05) is 6.61 Å². The summed E-state index contributed by atoms with van der Waals surface area (Å²) in [7, 11) is 0. The molecule has 0 aromatic heterocycles. The topological polar surface area (TPSA) is 44.5 Å². The molecule has 0 fully saturated rings. The third-order valence-corrected chi connectivity index (χ3v) is 3.92. The van der Waals surface area contributed by atoms with Crippen LogP contribution in [0.3, 0.4) is 0 Å². The number of para-hydroxylation sites is 1. The van der Waals surface area contributed by atoms with Crippen LogP contribution in [-0.2, 0) is 6.42 Å². The Balaban J connectivity index is 1.62. The maximum atomic E-state index is 6.23. The fourth-order valence-electron chi connectivity index (χ4n) is 2.45. The predicted octanol–water partition coefficient (Wildman–Crippen LogP) is 3.74. The molecule has 2 unspecified atom stereocenters. The van der Waals surface area contributed by atoms with Crippen molar-refractivity contribution >= 4 is 11.6 Å². The van der Waals surface area contributed by atoms with Gasteiger partial charge in [0.15, 0.2) is 0 Å². The summed E-state index contributed by atoms with van der Waals surface area (Å²) >= 11 is 6.23. The molecule has 1 heterocycles. The fourth-order valence-corrected chi connectivity index (χ4v) is 2.69. The van der Waals surface area contributed by atoms with Gasteiger partial charge in [-0.25, -0.2) is 0 Å². The molecule has 3 rings (SSSR count). The lowest BCUT2D eigenvalue weighted by Crippen LogP contribution is -2.22. The summed E-state index contributed by atoms with van der Waals surface area (Å²) in [5, 5.41) is 0.584. The molecule has 1 aliphatic rings. The van der Waals surface area contributed by atoms with E-state index in [1.54, 1.807) is 0 Å². The molecule has 0 bridgehead atoms. The lowest BCUT2D eigenvalue weighted by atomic mass is 10.1. The molecule has 0 saturated heterocycles. The van der Waals surface area contributed by atoms with Gasteiger partial charge in [-0.05, 0) is 36.2 Å². The lowest BCUT2D eigenvalue weighted by Gasteiger charge is -2.14. The normalized spacial score (nSPS) is 18.0. The number of halogens is 1. The minimum atomic E-state index is -0.0378. The summed E-state index contributed by atoms with van der Waals surface area (Å²) in [4.78, 5) is 0. The van der Waals surface area contributed by atoms with Gasteiger partial charge in [0.2, 0.25) is 0 Å². The van der Waals surface area contributed by atoms with Gasteiger partial charge in [-0.15, -0.1) is 0 Å². The Kier molecular flexibility index (Phi) is 4.04. The van der Waals surface area contributed by atoms with E-state index in [4.69, 9.17) is 26.8 Å². The third kappa shape index (κ3) is 3.14. The Morgan fingerprint density at radius 2 is 2.14 bits per heavy atom. The van der Waals surface area contributed by atoms with Gasteiger partial charge in [0.05, 0.1) is 5.02 Å². The highest BCUT2D eigenvalue weighted by Crippen LogP contribution is 2.30. The van der Waals surface area contributed by atoms with Crippen LogP contribution >= 0.6 is 11.6 Å². The van der Waals surface area contributed by atoms with Gasteiger partial charge in [0.25, 0.3) is 0 Å². The highest BCUT2D eigenvalue weighted by Gasteiger charge is 2.23. The van der Waals surface area contributed by atoms with Gasteiger partial charge in [-0.1, -0.05) is 35.9 Å². The Morgan fingerprint density at radius 1 is 1.33 bits per heavy atom. The van der Waals surface area contributed by atoms with Gasteiger partial charge in [-0.3, -0.25) is 0 Å². The summed E-state index contributed by atoms with van der Waals surface area (Å²) in [6.45, 7) is 2.40. The van der Waals surface area contributed by atoms with Crippen LogP contribution in [0, 0.1) is 0 Å². The first-order chi connectivity index (χ1) is 10.1. The lowest BCUT2D eigenvalue weighted by molar-refractivity contribution is 0.148. The Bertz CT molecular complexity index is 617. The molecule has 0 amide bonds. The first-order valence-electron chi connectivity index (χ1n) is 7.06. The Morgan fingerprint density at radius 3 is 2.86 bits per heavy atom. The minimum absolute atomic E-state index is 0.0339. The maximum absolute atomic E-state index is 6.23. The zero-order valence-electron chi connectivity index (χ0n) is 11.9. The van der Waals surface area contributed by atoms with E-state index in [0.29, 0.717) is 17.4 Å². The van der Waals surface area contributed by atoms with Crippen LogP contribution in [0.1, 0.15) is 24.1 Å². The number of rotatable bonds is 4. The van der Waals surface area contributed by atoms with Crippen LogP contribution < -0.4 is 15.2 Å². The van der Waals surface area contributed by atoms with Gasteiger partial charge >= 0.3 is 0 Å². The van der Waals surface area contributed by atoms with Crippen LogP contribution in [-0.4, -0.2) is 12.7 Å². The quantitative estimate of drug-likeness (QED) is 0.935. The second-order valence-corrected chi connectivity index (χ2v) is 5.75. The van der Waals surface area contributed by atoms with E-state index in [0.717, 1.165) is 17.7 Å². The standard InChI is InChI=1S/C17H18ClNO2/c1-11(19)12-6-7-17(15(18)9-12)20-10-14-8-13-4-2-3-5-16(13)21-14/h2-7,9,11,14H,8,10,19H2,1H3. The average Bonchev–Trinajstić information content (AvgIpc) is 2.88. The van der Waals surface area contributed by atoms with Crippen molar-refractivity contribution in [3.63, 3.8) is 0 Å². The molecule has 21 heavy (non-hydrogen) atoms. The molecule has 4 heteroatoms. The van der Waals surface area contributed by atoms with Crippen LogP contribution in [0.5, 0.6) is 11.5 Å². The minimum Gasteiger partial charge on any atom is -0.488 e. The third-order valence-electron chi connectivity index (χ3n) is 3.62. The number of hydrogen-bond donors (Lipinski definition) is 1. The van der Waals surface area contributed by atoms with Crippen molar-refractivity contribution < 1.29 is 9.47 Å². The second kappa shape index (κ2) is 5.96. The molecule has 0 saturated carbocycles. The van der Waals surface area contributed by atoms with Crippen LogP contribution in [0.25, 0.3) is 0 Å². The molecule has 2 aromatic carbocycles. The first-order valence-corrected chi connectivity index (χ1v) is 7.43. The second-order valence-electron chi connectivity index (χ2n) is 5.34. The molecule has 2 aromatic rings. The molecule has 0 radical (unpaired) electrons. The Hall–Kier alpha value is -1.71. The number of hydrogen-bond acceptors (Lipinski definition) is 3. The van der Waals surface area contributed by atoms with Crippen molar-refractivity contribution in [2.24, 2.45) is 5.73 Å². The molecule has 1 aliphatic heterocycles. The van der Waals surface area contributed by atoms with Crippen LogP contribution in [0.4, 0.5) is 0 Å². The maximum Gasteiger partial charge on any atom is 0.138 e. The highest BCUT2D eigenvalue weighted by molar-refractivity contribution is 6.32. The summed E-state index contributed by atoms with van der Waals surface area (Å²) in [6, 6.07) is 13.7. The largest absolute Gasteiger partial charge is 0.488 e. The van der Waals surface area contributed by atoms with E-state index < -0.39 is 0 Å². The molecule has 2 N–H and O–H groups in total. The SMILES string of the molecule is CC(N)c1ccc(OCC2Cc3ccccc3O2)c(Cl)c1. The van der Waals surface area contributed by atoms with Gasteiger partial charge in [0, 0.05) is 12.5 Å².